The predicted molar refractivity (Wildman–Crippen MR) is 138 cm³/mol. The van der Waals surface area contributed by atoms with E-state index in [-0.39, 0.29) is 6.10 Å². The highest BCUT2D eigenvalue weighted by atomic mass is 16.5. The molecule has 3 aliphatic heterocycles. The van der Waals surface area contributed by atoms with Crippen molar-refractivity contribution in [1.82, 2.24) is 9.88 Å². The Bertz CT molecular complexity index is 1010. The molecule has 2 fully saturated rings. The van der Waals surface area contributed by atoms with Crippen LogP contribution in [0.2, 0.25) is 0 Å². The zero-order valence-corrected chi connectivity index (χ0v) is 20.6. The monoisotopic (exact) mass is 478 g/mol. The highest BCUT2D eigenvalue weighted by Crippen LogP contribution is 2.34. The van der Waals surface area contributed by atoms with Gasteiger partial charge < -0.3 is 20.1 Å². The molecule has 35 heavy (non-hydrogen) atoms. The Balaban J connectivity index is 1.10. The Hall–Kier alpha value is -2.64. The number of rotatable bonds is 10. The molecule has 2 N–H and O–H groups in total. The Labute approximate surface area is 208 Å². The van der Waals surface area contributed by atoms with Gasteiger partial charge in [-0.05, 0) is 69.1 Å². The minimum atomic E-state index is -0.774. The van der Waals surface area contributed by atoms with Gasteiger partial charge in [-0.3, -0.25) is 9.69 Å². The summed E-state index contributed by atoms with van der Waals surface area (Å²) in [4.78, 5) is 21.6. The van der Waals surface area contributed by atoms with Gasteiger partial charge in [0, 0.05) is 56.3 Å². The molecule has 0 saturated carbocycles. The van der Waals surface area contributed by atoms with Gasteiger partial charge in [-0.25, -0.2) is 4.98 Å². The lowest BCUT2D eigenvalue weighted by Crippen LogP contribution is -2.35. The van der Waals surface area contributed by atoms with Gasteiger partial charge in [0.05, 0.1) is 6.10 Å². The number of fused-ring (bicyclic) bond motifs is 1. The van der Waals surface area contributed by atoms with Gasteiger partial charge in [-0.15, -0.1) is 0 Å². The topological polar surface area (TPSA) is 77.9 Å². The first kappa shape index (κ1) is 24.1. The average molecular weight is 479 g/mol. The zero-order chi connectivity index (χ0) is 24.0. The predicted octanol–water partition coefficient (Wildman–Crippen LogP) is 4.28. The standard InChI is InChI=1S/C28H38N4O3/c33-28(34)26(24-10-1-2-11-25(24)31-16-4-5-17-31)32-18-14-23(20-32)35-19-6-3-9-22-13-12-21-8-7-15-29-27(21)30-22/h1-2,10-13,23,26H,3-9,14-20H2,(H,29,30)(H,33,34)/t23-,26+/m1/s1. The average Bonchev–Trinajstić information content (AvgIpc) is 3.57. The highest BCUT2D eigenvalue weighted by molar-refractivity contribution is 5.79. The Morgan fingerprint density at radius 1 is 1.11 bits per heavy atom. The van der Waals surface area contributed by atoms with Crippen molar-refractivity contribution in [1.29, 1.82) is 0 Å². The second-order valence-electron chi connectivity index (χ2n) is 10.1. The van der Waals surface area contributed by atoms with Gasteiger partial charge in [0.2, 0.25) is 0 Å². The molecule has 2 saturated heterocycles. The summed E-state index contributed by atoms with van der Waals surface area (Å²) in [6, 6.07) is 11.8. The third-order valence-corrected chi connectivity index (χ3v) is 7.59. The number of para-hydroxylation sites is 1. The molecule has 1 aromatic heterocycles. The van der Waals surface area contributed by atoms with Crippen LogP contribution in [0, 0.1) is 0 Å². The Kier molecular flexibility index (Phi) is 7.84. The Morgan fingerprint density at radius 3 is 2.83 bits per heavy atom. The number of unbranched alkanes of at least 4 members (excludes halogenated alkanes) is 1. The number of carboxylic acids is 1. The number of aromatic nitrogens is 1. The van der Waals surface area contributed by atoms with Crippen LogP contribution < -0.4 is 10.2 Å². The van der Waals surface area contributed by atoms with Crippen LogP contribution in [0.25, 0.3) is 0 Å². The molecule has 0 radical (unpaired) electrons. The lowest BCUT2D eigenvalue weighted by atomic mass is 10.0. The number of ether oxygens (including phenoxy) is 1. The SMILES string of the molecule is O=C(O)[C@H](c1ccccc1N1CCCC1)N1CC[C@@H](OCCCCc2ccc3c(n2)NCCC3)C1. The summed E-state index contributed by atoms with van der Waals surface area (Å²) in [5.74, 6) is 0.291. The maximum absolute atomic E-state index is 12.4. The normalized spacial score (nSPS) is 21.0. The van der Waals surface area contributed by atoms with E-state index in [2.05, 4.69) is 33.3 Å². The van der Waals surface area contributed by atoms with Crippen LogP contribution >= 0.6 is 0 Å². The fourth-order valence-corrected chi connectivity index (χ4v) is 5.74. The van der Waals surface area contributed by atoms with Crippen LogP contribution in [0.15, 0.2) is 36.4 Å². The van der Waals surface area contributed by atoms with E-state index in [9.17, 15) is 9.90 Å². The molecule has 7 nitrogen and oxygen atoms in total. The number of anilines is 2. The van der Waals surface area contributed by atoms with E-state index in [0.29, 0.717) is 13.2 Å². The van der Waals surface area contributed by atoms with Crippen molar-refractivity contribution in [3.63, 3.8) is 0 Å². The number of aliphatic carboxylic acids is 1. The van der Waals surface area contributed by atoms with Gasteiger partial charge in [-0.1, -0.05) is 24.3 Å². The molecule has 2 aromatic rings. The summed E-state index contributed by atoms with van der Waals surface area (Å²) in [7, 11) is 0. The highest BCUT2D eigenvalue weighted by Gasteiger charge is 2.36. The van der Waals surface area contributed by atoms with Crippen molar-refractivity contribution < 1.29 is 14.6 Å². The molecule has 4 heterocycles. The maximum Gasteiger partial charge on any atom is 0.325 e. The second-order valence-corrected chi connectivity index (χ2v) is 10.1. The fraction of sp³-hybridized carbons (Fsp3) is 0.571. The van der Waals surface area contributed by atoms with E-state index >= 15 is 0 Å². The van der Waals surface area contributed by atoms with Crippen molar-refractivity contribution in [2.24, 2.45) is 0 Å². The van der Waals surface area contributed by atoms with Gasteiger partial charge in [-0.2, -0.15) is 0 Å². The number of carbonyl (C=O) groups is 1. The zero-order valence-electron chi connectivity index (χ0n) is 20.6. The fourth-order valence-electron chi connectivity index (χ4n) is 5.74. The van der Waals surface area contributed by atoms with Crippen molar-refractivity contribution in [3.05, 3.63) is 53.2 Å². The van der Waals surface area contributed by atoms with Gasteiger partial charge >= 0.3 is 5.97 Å². The molecule has 3 aliphatic rings. The molecule has 0 spiro atoms. The van der Waals surface area contributed by atoms with E-state index < -0.39 is 12.0 Å². The second kappa shape index (κ2) is 11.4. The summed E-state index contributed by atoms with van der Waals surface area (Å²) < 4.78 is 6.18. The van der Waals surface area contributed by atoms with E-state index in [1.165, 1.54) is 24.8 Å². The molecule has 188 valence electrons. The minimum Gasteiger partial charge on any atom is -0.480 e. The maximum atomic E-state index is 12.4. The van der Waals surface area contributed by atoms with Crippen molar-refractivity contribution in [2.45, 2.75) is 63.5 Å². The summed E-state index contributed by atoms with van der Waals surface area (Å²) in [6.07, 6.45) is 8.62. The third kappa shape index (κ3) is 5.78. The number of hydrogen-bond acceptors (Lipinski definition) is 6. The van der Waals surface area contributed by atoms with Crippen molar-refractivity contribution in [3.8, 4) is 0 Å². The third-order valence-electron chi connectivity index (χ3n) is 7.59. The number of nitrogens with zero attached hydrogens (tertiary/aromatic N) is 3. The van der Waals surface area contributed by atoms with Gasteiger partial charge in [0.15, 0.2) is 0 Å². The number of carboxylic acid groups (broad SMARTS) is 1. The van der Waals surface area contributed by atoms with Crippen LogP contribution in [-0.2, 0) is 22.4 Å². The first-order valence-corrected chi connectivity index (χ1v) is 13.3. The van der Waals surface area contributed by atoms with Crippen molar-refractivity contribution >= 4 is 17.5 Å². The summed E-state index contributed by atoms with van der Waals surface area (Å²) in [6.45, 7) is 5.16. The number of hydrogen-bond donors (Lipinski definition) is 2. The van der Waals surface area contributed by atoms with E-state index in [1.807, 2.05) is 18.2 Å². The summed E-state index contributed by atoms with van der Waals surface area (Å²) >= 11 is 0. The Morgan fingerprint density at radius 2 is 1.97 bits per heavy atom. The molecule has 0 amide bonds. The van der Waals surface area contributed by atoms with Crippen LogP contribution in [0.4, 0.5) is 11.5 Å². The molecule has 0 bridgehead atoms. The quantitative estimate of drug-likeness (QED) is 0.494. The molecule has 0 aliphatic carbocycles. The molecular formula is C28H38N4O3. The van der Waals surface area contributed by atoms with Crippen LogP contribution in [0.3, 0.4) is 0 Å². The molecule has 2 atom stereocenters. The van der Waals surface area contributed by atoms with Crippen LogP contribution in [-0.4, -0.2) is 66.4 Å². The molecule has 5 rings (SSSR count). The minimum absolute atomic E-state index is 0.0990. The lowest BCUT2D eigenvalue weighted by molar-refractivity contribution is -0.143. The number of likely N-dealkylation sites (tertiary alicyclic amines) is 1. The summed E-state index contributed by atoms with van der Waals surface area (Å²) in [5.41, 5.74) is 4.46. The number of aryl methyl sites for hydroxylation is 2. The van der Waals surface area contributed by atoms with E-state index in [4.69, 9.17) is 9.72 Å². The van der Waals surface area contributed by atoms with E-state index in [0.717, 1.165) is 81.0 Å². The first-order chi connectivity index (χ1) is 17.2. The number of benzene rings is 1. The van der Waals surface area contributed by atoms with Crippen LogP contribution in [0.1, 0.15) is 61.4 Å². The smallest absolute Gasteiger partial charge is 0.325 e. The largest absolute Gasteiger partial charge is 0.480 e. The summed E-state index contributed by atoms with van der Waals surface area (Å²) in [5, 5.41) is 13.6. The molecule has 1 aromatic carbocycles. The number of pyridine rings is 1. The van der Waals surface area contributed by atoms with Gasteiger partial charge in [0.25, 0.3) is 0 Å². The number of nitrogens with one attached hydrogen (secondary N) is 1. The van der Waals surface area contributed by atoms with Crippen LogP contribution in [0.5, 0.6) is 0 Å². The van der Waals surface area contributed by atoms with Gasteiger partial charge in [0.1, 0.15) is 11.9 Å². The van der Waals surface area contributed by atoms with E-state index in [1.54, 1.807) is 0 Å². The molecular weight excluding hydrogens is 440 g/mol. The lowest BCUT2D eigenvalue weighted by Gasteiger charge is -2.29. The molecule has 7 heteroatoms. The molecule has 0 unspecified atom stereocenters. The first-order valence-electron chi connectivity index (χ1n) is 13.3. The van der Waals surface area contributed by atoms with Crippen molar-refractivity contribution in [2.75, 3.05) is 49.5 Å².